The highest BCUT2D eigenvalue weighted by molar-refractivity contribution is 8.00. The highest BCUT2D eigenvalue weighted by atomic mass is 35.5. The molecule has 25 heavy (non-hydrogen) atoms. The Morgan fingerprint density at radius 1 is 1.28 bits per heavy atom. The molecule has 0 saturated carbocycles. The van der Waals surface area contributed by atoms with Crippen molar-refractivity contribution in [2.75, 3.05) is 5.32 Å². The average Bonchev–Trinajstić information content (AvgIpc) is 3.03. The van der Waals surface area contributed by atoms with Crippen molar-refractivity contribution in [2.24, 2.45) is 0 Å². The number of hydrogen-bond acceptors (Lipinski definition) is 5. The Bertz CT molecular complexity index is 903. The molecule has 1 N–H and O–H groups in total. The summed E-state index contributed by atoms with van der Waals surface area (Å²) in [7, 11) is 0. The van der Waals surface area contributed by atoms with Crippen LogP contribution in [0.2, 0.25) is 5.02 Å². The van der Waals surface area contributed by atoms with Gasteiger partial charge in [0.1, 0.15) is 5.82 Å². The Balaban J connectivity index is 1.72. The van der Waals surface area contributed by atoms with Crippen molar-refractivity contribution in [3.63, 3.8) is 0 Å². The van der Waals surface area contributed by atoms with E-state index >= 15 is 0 Å². The minimum absolute atomic E-state index is 0.221. The molecule has 0 spiro atoms. The molecule has 1 amide bonds. The molecule has 1 atom stereocenters. The fraction of sp³-hybridized carbons (Fsp3) is 0.125. The lowest BCUT2D eigenvalue weighted by molar-refractivity contribution is -0.115. The van der Waals surface area contributed by atoms with Gasteiger partial charge in [-0.25, -0.2) is 4.39 Å². The van der Waals surface area contributed by atoms with Crippen molar-refractivity contribution in [2.45, 2.75) is 17.3 Å². The summed E-state index contributed by atoms with van der Waals surface area (Å²) >= 11 is 7.08. The normalized spacial score (nSPS) is 12.0. The quantitative estimate of drug-likeness (QED) is 0.688. The number of nitrogens with zero attached hydrogens (tertiary/aromatic N) is 4. The Morgan fingerprint density at radius 2 is 2.08 bits per heavy atom. The smallest absolute Gasteiger partial charge is 0.237 e. The Morgan fingerprint density at radius 3 is 2.84 bits per heavy atom. The maximum absolute atomic E-state index is 13.4. The number of carbonyl (C=O) groups excluding carboxylic acids is 1. The van der Waals surface area contributed by atoms with Gasteiger partial charge in [-0.15, -0.1) is 5.10 Å². The first-order chi connectivity index (χ1) is 12.0. The van der Waals surface area contributed by atoms with Gasteiger partial charge >= 0.3 is 0 Å². The van der Waals surface area contributed by atoms with Gasteiger partial charge in [0.25, 0.3) is 0 Å². The van der Waals surface area contributed by atoms with Crippen LogP contribution in [0, 0.1) is 5.82 Å². The zero-order valence-corrected chi connectivity index (χ0v) is 14.6. The van der Waals surface area contributed by atoms with Crippen LogP contribution in [0.25, 0.3) is 5.69 Å². The molecule has 0 fully saturated rings. The van der Waals surface area contributed by atoms with Gasteiger partial charge < -0.3 is 5.32 Å². The number of anilines is 1. The second-order valence-electron chi connectivity index (χ2n) is 5.11. The fourth-order valence-corrected chi connectivity index (χ4v) is 3.04. The van der Waals surface area contributed by atoms with Crippen LogP contribution in [0.3, 0.4) is 0 Å². The van der Waals surface area contributed by atoms with E-state index in [1.807, 2.05) is 0 Å². The van der Waals surface area contributed by atoms with Gasteiger partial charge in [-0.05, 0) is 53.7 Å². The second-order valence-corrected chi connectivity index (χ2v) is 6.86. The van der Waals surface area contributed by atoms with Gasteiger partial charge in [-0.1, -0.05) is 35.5 Å². The summed E-state index contributed by atoms with van der Waals surface area (Å²) in [6.45, 7) is 1.73. The summed E-state index contributed by atoms with van der Waals surface area (Å²) in [4.78, 5) is 12.3. The molecule has 6 nitrogen and oxygen atoms in total. The summed E-state index contributed by atoms with van der Waals surface area (Å²) < 4.78 is 14.8. The highest BCUT2D eigenvalue weighted by Gasteiger charge is 2.19. The number of rotatable bonds is 5. The molecule has 128 valence electrons. The number of thioether (sulfide) groups is 1. The molecule has 0 radical (unpaired) electrons. The van der Waals surface area contributed by atoms with E-state index in [2.05, 4.69) is 20.8 Å². The van der Waals surface area contributed by atoms with Crippen LogP contribution < -0.4 is 5.32 Å². The predicted octanol–water partition coefficient (Wildman–Crippen LogP) is 3.57. The van der Waals surface area contributed by atoms with Crippen molar-refractivity contribution in [3.8, 4) is 5.69 Å². The van der Waals surface area contributed by atoms with Crippen LogP contribution >= 0.6 is 23.4 Å². The van der Waals surface area contributed by atoms with Gasteiger partial charge in [0.05, 0.1) is 10.9 Å². The Kier molecular flexibility index (Phi) is 5.30. The number of carbonyl (C=O) groups is 1. The van der Waals surface area contributed by atoms with E-state index < -0.39 is 11.1 Å². The van der Waals surface area contributed by atoms with Gasteiger partial charge in [-0.3, -0.25) is 4.79 Å². The largest absolute Gasteiger partial charge is 0.325 e. The molecule has 2 aromatic carbocycles. The molecule has 3 aromatic rings. The number of tetrazole rings is 1. The van der Waals surface area contributed by atoms with Crippen LogP contribution in [-0.2, 0) is 4.79 Å². The van der Waals surface area contributed by atoms with Crippen LogP contribution in [0.15, 0.2) is 53.7 Å². The third-order valence-electron chi connectivity index (χ3n) is 3.24. The van der Waals surface area contributed by atoms with Crippen LogP contribution in [0.1, 0.15) is 6.92 Å². The van der Waals surface area contributed by atoms with E-state index in [1.165, 1.54) is 28.6 Å². The molecular weight excluding hydrogens is 365 g/mol. The molecule has 0 unspecified atom stereocenters. The SMILES string of the molecule is C[C@@H](Sc1nnnn1-c1cccc(F)c1)C(=O)Nc1cccc(Cl)c1. The van der Waals surface area contributed by atoms with Gasteiger partial charge in [0.2, 0.25) is 11.1 Å². The number of halogens is 2. The second kappa shape index (κ2) is 7.62. The molecule has 0 saturated heterocycles. The van der Waals surface area contributed by atoms with Crippen molar-refractivity contribution >= 4 is 35.0 Å². The number of hydrogen-bond donors (Lipinski definition) is 1. The summed E-state index contributed by atoms with van der Waals surface area (Å²) in [5.74, 6) is -0.614. The molecule has 1 aromatic heterocycles. The predicted molar refractivity (Wildman–Crippen MR) is 94.5 cm³/mol. The molecule has 0 aliphatic carbocycles. The van der Waals surface area contributed by atoms with Gasteiger partial charge in [-0.2, -0.15) is 4.68 Å². The molecule has 0 bridgehead atoms. The number of amides is 1. The van der Waals surface area contributed by atoms with Crippen molar-refractivity contribution in [3.05, 3.63) is 59.4 Å². The molecule has 3 rings (SSSR count). The average molecular weight is 378 g/mol. The topological polar surface area (TPSA) is 72.7 Å². The van der Waals surface area contributed by atoms with E-state index in [9.17, 15) is 9.18 Å². The van der Waals surface area contributed by atoms with Crippen molar-refractivity contribution < 1.29 is 9.18 Å². The number of aromatic nitrogens is 4. The summed E-state index contributed by atoms with van der Waals surface area (Å²) in [5.41, 5.74) is 1.09. The van der Waals surface area contributed by atoms with E-state index in [4.69, 9.17) is 11.6 Å². The lowest BCUT2D eigenvalue weighted by Crippen LogP contribution is -2.22. The molecule has 1 heterocycles. The lowest BCUT2D eigenvalue weighted by atomic mass is 10.3. The summed E-state index contributed by atoms with van der Waals surface area (Å²) in [6, 6.07) is 12.8. The first-order valence-corrected chi connectivity index (χ1v) is 8.56. The monoisotopic (exact) mass is 377 g/mol. The summed E-state index contributed by atoms with van der Waals surface area (Å²) in [6.07, 6.45) is 0. The third kappa shape index (κ3) is 4.34. The van der Waals surface area contributed by atoms with Crippen molar-refractivity contribution in [1.82, 2.24) is 20.2 Å². The van der Waals surface area contributed by atoms with Crippen LogP contribution in [0.4, 0.5) is 10.1 Å². The zero-order chi connectivity index (χ0) is 17.8. The molecule has 9 heteroatoms. The highest BCUT2D eigenvalue weighted by Crippen LogP contribution is 2.24. The number of benzene rings is 2. The first kappa shape index (κ1) is 17.4. The maximum atomic E-state index is 13.4. The van der Waals surface area contributed by atoms with Gasteiger partial charge in [0.15, 0.2) is 0 Å². The van der Waals surface area contributed by atoms with Gasteiger partial charge in [0, 0.05) is 10.7 Å². The lowest BCUT2D eigenvalue weighted by Gasteiger charge is -2.12. The maximum Gasteiger partial charge on any atom is 0.237 e. The summed E-state index contributed by atoms with van der Waals surface area (Å²) in [5, 5.41) is 14.6. The number of nitrogens with one attached hydrogen (secondary N) is 1. The van der Waals surface area contributed by atoms with E-state index in [-0.39, 0.29) is 5.91 Å². The minimum atomic E-state index is -0.475. The third-order valence-corrected chi connectivity index (χ3v) is 4.51. The Labute approximate surface area is 152 Å². The molecule has 0 aliphatic rings. The zero-order valence-electron chi connectivity index (χ0n) is 13.1. The first-order valence-electron chi connectivity index (χ1n) is 7.30. The van der Waals surface area contributed by atoms with Crippen molar-refractivity contribution in [1.29, 1.82) is 0 Å². The minimum Gasteiger partial charge on any atom is -0.325 e. The van der Waals surface area contributed by atoms with Crippen LogP contribution in [-0.4, -0.2) is 31.4 Å². The molecule has 0 aliphatic heterocycles. The van der Waals surface area contributed by atoms with E-state index in [1.54, 1.807) is 43.3 Å². The standard InChI is InChI=1S/C16H13ClFN5OS/c1-10(15(24)19-13-6-2-4-11(17)8-13)25-16-20-21-22-23(16)14-7-3-5-12(18)9-14/h2-10H,1H3,(H,19,24)/t10-/m1/s1. The Hall–Kier alpha value is -2.45. The van der Waals surface area contributed by atoms with E-state index in [0.29, 0.717) is 21.6 Å². The molecular formula is C16H13ClFN5OS. The van der Waals surface area contributed by atoms with E-state index in [0.717, 1.165) is 0 Å². The van der Waals surface area contributed by atoms with Crippen LogP contribution in [0.5, 0.6) is 0 Å². The fourth-order valence-electron chi connectivity index (χ4n) is 2.04.